The Morgan fingerprint density at radius 1 is 1.29 bits per heavy atom. The Morgan fingerprint density at radius 3 is 2.71 bits per heavy atom. The first-order valence-electron chi connectivity index (χ1n) is 9.38. The lowest BCUT2D eigenvalue weighted by Crippen LogP contribution is -2.38. The second kappa shape index (κ2) is 8.11. The molecule has 0 radical (unpaired) electrons. The van der Waals surface area contributed by atoms with Crippen LogP contribution < -0.4 is 5.32 Å². The van der Waals surface area contributed by atoms with Crippen LogP contribution in [0.15, 0.2) is 24.3 Å². The highest BCUT2D eigenvalue weighted by Gasteiger charge is 2.33. The molecule has 1 aliphatic carbocycles. The zero-order valence-electron chi connectivity index (χ0n) is 14.6. The van der Waals surface area contributed by atoms with Crippen molar-refractivity contribution in [2.45, 2.75) is 51.5 Å². The summed E-state index contributed by atoms with van der Waals surface area (Å²) in [5, 5.41) is 3.39. The van der Waals surface area contributed by atoms with Crippen molar-refractivity contribution in [2.75, 3.05) is 19.6 Å². The van der Waals surface area contributed by atoms with Crippen LogP contribution in [0.5, 0.6) is 0 Å². The predicted molar refractivity (Wildman–Crippen MR) is 94.2 cm³/mol. The van der Waals surface area contributed by atoms with E-state index in [-0.39, 0.29) is 5.82 Å². The van der Waals surface area contributed by atoms with Gasteiger partial charge in [0.25, 0.3) is 0 Å². The number of carbonyl (C=O) groups excluding carboxylic acids is 1. The van der Waals surface area contributed by atoms with E-state index in [1.807, 2.05) is 6.07 Å². The van der Waals surface area contributed by atoms with E-state index in [1.54, 1.807) is 12.1 Å². The molecule has 2 aliphatic rings. The number of hydrogen-bond acceptors (Lipinski definition) is 2. The van der Waals surface area contributed by atoms with Crippen LogP contribution in [-0.4, -0.2) is 36.5 Å². The lowest BCUT2D eigenvalue weighted by atomic mass is 9.84. The van der Waals surface area contributed by atoms with Gasteiger partial charge in [-0.25, -0.2) is 4.39 Å². The number of hydrogen-bond donors (Lipinski definition) is 1. The highest BCUT2D eigenvalue weighted by molar-refractivity contribution is 5.77. The molecular weight excluding hydrogens is 303 g/mol. The van der Waals surface area contributed by atoms with Gasteiger partial charge < -0.3 is 10.2 Å². The third kappa shape index (κ3) is 4.79. The molecule has 0 bridgehead atoms. The van der Waals surface area contributed by atoms with E-state index in [2.05, 4.69) is 17.1 Å². The Morgan fingerprint density at radius 2 is 2.04 bits per heavy atom. The first kappa shape index (κ1) is 17.4. The van der Waals surface area contributed by atoms with Crippen LogP contribution in [0, 0.1) is 17.7 Å². The molecule has 1 saturated heterocycles. The predicted octanol–water partition coefficient (Wildman–Crippen LogP) is 3.39. The standard InChI is InChI=1S/C20H29FN2O/c1-15(17-7-10-22-11-8-17)13-20(24)23(19-5-6-19)12-9-16-3-2-4-18(21)14-16/h2-4,14-15,17,19,22H,5-13H2,1H3. The SMILES string of the molecule is CC(CC(=O)N(CCc1cccc(F)c1)C1CC1)C1CCNCC1. The molecule has 3 nitrogen and oxygen atoms in total. The largest absolute Gasteiger partial charge is 0.339 e. The Kier molecular flexibility index (Phi) is 5.88. The molecule has 1 unspecified atom stereocenters. The lowest BCUT2D eigenvalue weighted by molar-refractivity contribution is -0.133. The Bertz CT molecular complexity index is 552. The smallest absolute Gasteiger partial charge is 0.223 e. The summed E-state index contributed by atoms with van der Waals surface area (Å²) in [7, 11) is 0. The Labute approximate surface area is 144 Å². The summed E-state index contributed by atoms with van der Waals surface area (Å²) in [6, 6.07) is 7.15. The lowest BCUT2D eigenvalue weighted by Gasteiger charge is -2.30. The van der Waals surface area contributed by atoms with Gasteiger partial charge >= 0.3 is 0 Å². The molecule has 3 rings (SSSR count). The third-order valence-corrected chi connectivity index (χ3v) is 5.52. The van der Waals surface area contributed by atoms with E-state index in [1.165, 1.54) is 18.9 Å². The van der Waals surface area contributed by atoms with Crippen LogP contribution in [0.3, 0.4) is 0 Å². The van der Waals surface area contributed by atoms with Crippen molar-refractivity contribution in [3.8, 4) is 0 Å². The van der Waals surface area contributed by atoms with Crippen molar-refractivity contribution in [1.29, 1.82) is 0 Å². The quantitative estimate of drug-likeness (QED) is 0.830. The average Bonchev–Trinajstić information content (AvgIpc) is 3.41. The summed E-state index contributed by atoms with van der Waals surface area (Å²) in [6.07, 6.45) is 6.00. The van der Waals surface area contributed by atoms with E-state index in [0.717, 1.165) is 37.9 Å². The fraction of sp³-hybridized carbons (Fsp3) is 0.650. The van der Waals surface area contributed by atoms with Gasteiger partial charge in [0.1, 0.15) is 5.82 Å². The molecule has 132 valence electrons. The first-order chi connectivity index (χ1) is 11.6. The monoisotopic (exact) mass is 332 g/mol. The summed E-state index contributed by atoms with van der Waals surface area (Å²) >= 11 is 0. The van der Waals surface area contributed by atoms with E-state index < -0.39 is 0 Å². The Balaban J connectivity index is 1.53. The number of carbonyl (C=O) groups is 1. The minimum absolute atomic E-state index is 0.198. The molecule has 1 amide bonds. The Hall–Kier alpha value is -1.42. The van der Waals surface area contributed by atoms with Crippen molar-refractivity contribution in [3.05, 3.63) is 35.6 Å². The molecule has 1 aliphatic heterocycles. The molecule has 0 aromatic heterocycles. The summed E-state index contributed by atoms with van der Waals surface area (Å²) in [5.74, 6) is 1.21. The van der Waals surface area contributed by atoms with Crippen LogP contribution in [-0.2, 0) is 11.2 Å². The van der Waals surface area contributed by atoms with Gasteiger partial charge in [0, 0.05) is 19.0 Å². The van der Waals surface area contributed by atoms with Crippen molar-refractivity contribution in [2.24, 2.45) is 11.8 Å². The third-order valence-electron chi connectivity index (χ3n) is 5.52. The van der Waals surface area contributed by atoms with Crippen LogP contribution >= 0.6 is 0 Å². The molecular formula is C20H29FN2O. The minimum Gasteiger partial charge on any atom is -0.339 e. The van der Waals surface area contributed by atoms with Gasteiger partial charge in [0.15, 0.2) is 0 Å². The molecule has 1 atom stereocenters. The second-order valence-corrected chi connectivity index (χ2v) is 7.47. The topological polar surface area (TPSA) is 32.3 Å². The highest BCUT2D eigenvalue weighted by Crippen LogP contribution is 2.30. The van der Waals surface area contributed by atoms with Gasteiger partial charge in [-0.05, 0) is 74.7 Å². The van der Waals surface area contributed by atoms with Gasteiger partial charge in [-0.1, -0.05) is 19.1 Å². The maximum Gasteiger partial charge on any atom is 0.223 e. The van der Waals surface area contributed by atoms with Crippen molar-refractivity contribution in [1.82, 2.24) is 10.2 Å². The van der Waals surface area contributed by atoms with E-state index in [9.17, 15) is 9.18 Å². The van der Waals surface area contributed by atoms with Crippen LogP contribution in [0.4, 0.5) is 4.39 Å². The number of rotatable bonds is 7. The molecule has 24 heavy (non-hydrogen) atoms. The van der Waals surface area contributed by atoms with Gasteiger partial charge in [-0.3, -0.25) is 4.79 Å². The van der Waals surface area contributed by atoms with Crippen LogP contribution in [0.2, 0.25) is 0 Å². The number of nitrogens with one attached hydrogen (secondary N) is 1. The van der Waals surface area contributed by atoms with Gasteiger partial charge in [-0.15, -0.1) is 0 Å². The van der Waals surface area contributed by atoms with Crippen molar-refractivity contribution in [3.63, 3.8) is 0 Å². The zero-order valence-corrected chi connectivity index (χ0v) is 14.6. The zero-order chi connectivity index (χ0) is 16.9. The molecule has 1 aromatic carbocycles. The summed E-state index contributed by atoms with van der Waals surface area (Å²) < 4.78 is 13.3. The van der Waals surface area contributed by atoms with Crippen molar-refractivity contribution >= 4 is 5.91 Å². The summed E-state index contributed by atoms with van der Waals surface area (Å²) in [6.45, 7) is 5.10. The molecule has 1 saturated carbocycles. The molecule has 2 fully saturated rings. The number of amides is 1. The average molecular weight is 332 g/mol. The maximum atomic E-state index is 13.3. The highest BCUT2D eigenvalue weighted by atomic mass is 19.1. The van der Waals surface area contributed by atoms with Crippen LogP contribution in [0.25, 0.3) is 0 Å². The van der Waals surface area contributed by atoms with Crippen LogP contribution in [0.1, 0.15) is 44.6 Å². The molecule has 1 N–H and O–H groups in total. The second-order valence-electron chi connectivity index (χ2n) is 7.47. The van der Waals surface area contributed by atoms with Gasteiger partial charge in [0.2, 0.25) is 5.91 Å². The van der Waals surface area contributed by atoms with Gasteiger partial charge in [0.05, 0.1) is 0 Å². The maximum absolute atomic E-state index is 13.3. The van der Waals surface area contributed by atoms with Crippen molar-refractivity contribution < 1.29 is 9.18 Å². The van der Waals surface area contributed by atoms with E-state index in [0.29, 0.717) is 36.8 Å². The minimum atomic E-state index is -0.198. The normalized spacial score (nSPS) is 19.9. The number of piperidine rings is 1. The van der Waals surface area contributed by atoms with E-state index >= 15 is 0 Å². The van der Waals surface area contributed by atoms with Gasteiger partial charge in [-0.2, -0.15) is 0 Å². The molecule has 4 heteroatoms. The first-order valence-corrected chi connectivity index (χ1v) is 9.38. The molecule has 1 heterocycles. The molecule has 1 aromatic rings. The van der Waals surface area contributed by atoms with E-state index in [4.69, 9.17) is 0 Å². The fourth-order valence-corrected chi connectivity index (χ4v) is 3.81. The summed E-state index contributed by atoms with van der Waals surface area (Å²) in [4.78, 5) is 14.9. The number of benzene rings is 1. The number of halogens is 1. The molecule has 0 spiro atoms. The number of nitrogens with zero attached hydrogens (tertiary/aromatic N) is 1. The summed E-state index contributed by atoms with van der Waals surface area (Å²) in [5.41, 5.74) is 0.972. The fourth-order valence-electron chi connectivity index (χ4n) is 3.81.